The van der Waals surface area contributed by atoms with Gasteiger partial charge in [-0.3, -0.25) is 0 Å². The number of aryl methyl sites for hydroxylation is 1. The first kappa shape index (κ1) is 14.7. The van der Waals surface area contributed by atoms with E-state index in [1.54, 1.807) is 18.9 Å². The van der Waals surface area contributed by atoms with E-state index in [0.29, 0.717) is 0 Å². The van der Waals surface area contributed by atoms with Gasteiger partial charge >= 0.3 is 0 Å². The molecule has 0 radical (unpaired) electrons. The van der Waals surface area contributed by atoms with Gasteiger partial charge in [-0.15, -0.1) is 0 Å². The molecule has 1 aromatic carbocycles. The van der Waals surface area contributed by atoms with Crippen molar-refractivity contribution < 1.29 is 4.74 Å². The summed E-state index contributed by atoms with van der Waals surface area (Å²) >= 11 is 1.56. The van der Waals surface area contributed by atoms with Gasteiger partial charge in [-0.25, -0.2) is 9.97 Å². The monoisotopic (exact) mass is 289 g/mol. The summed E-state index contributed by atoms with van der Waals surface area (Å²) in [6.45, 7) is 2.79. The summed E-state index contributed by atoms with van der Waals surface area (Å²) in [5.41, 5.74) is 2.20. The molecule has 0 spiro atoms. The first-order valence-electron chi connectivity index (χ1n) is 6.36. The standard InChI is InChI=1S/C15H19N3OS/c1-11-9-14(17-15(16-11)20-4)18(2)10-12-5-7-13(19-3)8-6-12/h5-9H,10H2,1-4H3. The van der Waals surface area contributed by atoms with Gasteiger partial charge in [0.25, 0.3) is 0 Å². The molecule has 1 aromatic heterocycles. The Morgan fingerprint density at radius 2 is 1.90 bits per heavy atom. The molecule has 0 aliphatic rings. The second-order valence-corrected chi connectivity index (χ2v) is 5.33. The van der Waals surface area contributed by atoms with Crippen LogP contribution in [0.4, 0.5) is 5.82 Å². The van der Waals surface area contributed by atoms with E-state index in [4.69, 9.17) is 4.74 Å². The predicted molar refractivity (Wildman–Crippen MR) is 83.7 cm³/mol. The lowest BCUT2D eigenvalue weighted by molar-refractivity contribution is 0.414. The van der Waals surface area contributed by atoms with Crippen molar-refractivity contribution in [3.05, 3.63) is 41.6 Å². The molecule has 106 valence electrons. The van der Waals surface area contributed by atoms with E-state index >= 15 is 0 Å². The van der Waals surface area contributed by atoms with Crippen LogP contribution >= 0.6 is 11.8 Å². The van der Waals surface area contributed by atoms with E-state index in [9.17, 15) is 0 Å². The van der Waals surface area contributed by atoms with Crippen molar-refractivity contribution in [2.75, 3.05) is 25.3 Å². The van der Waals surface area contributed by atoms with Crippen molar-refractivity contribution >= 4 is 17.6 Å². The third-order valence-electron chi connectivity index (χ3n) is 2.97. The number of rotatable bonds is 5. The van der Waals surface area contributed by atoms with Crippen molar-refractivity contribution in [1.82, 2.24) is 9.97 Å². The smallest absolute Gasteiger partial charge is 0.189 e. The van der Waals surface area contributed by atoms with Crippen LogP contribution in [-0.4, -0.2) is 30.4 Å². The van der Waals surface area contributed by atoms with Crippen LogP contribution in [0.2, 0.25) is 0 Å². The lowest BCUT2D eigenvalue weighted by Crippen LogP contribution is -2.18. The average Bonchev–Trinajstić information content (AvgIpc) is 2.47. The molecule has 20 heavy (non-hydrogen) atoms. The average molecular weight is 289 g/mol. The third-order valence-corrected chi connectivity index (χ3v) is 3.52. The van der Waals surface area contributed by atoms with Crippen LogP contribution in [0.15, 0.2) is 35.5 Å². The van der Waals surface area contributed by atoms with Gasteiger partial charge in [0, 0.05) is 25.4 Å². The maximum atomic E-state index is 5.17. The molecule has 0 unspecified atom stereocenters. The molecule has 2 rings (SSSR count). The summed E-state index contributed by atoms with van der Waals surface area (Å²) in [4.78, 5) is 11.0. The molecule has 2 aromatic rings. The van der Waals surface area contributed by atoms with Gasteiger partial charge < -0.3 is 9.64 Å². The van der Waals surface area contributed by atoms with Gasteiger partial charge in [-0.2, -0.15) is 0 Å². The summed E-state index contributed by atoms with van der Waals surface area (Å²) in [6.07, 6.45) is 1.99. The second kappa shape index (κ2) is 6.61. The van der Waals surface area contributed by atoms with Crippen molar-refractivity contribution in [3.8, 4) is 5.75 Å². The Hall–Kier alpha value is -1.75. The van der Waals surface area contributed by atoms with Crippen LogP contribution in [0.25, 0.3) is 0 Å². The van der Waals surface area contributed by atoms with Crippen LogP contribution in [-0.2, 0) is 6.54 Å². The largest absolute Gasteiger partial charge is 0.497 e. The van der Waals surface area contributed by atoms with Gasteiger partial charge in [0.2, 0.25) is 0 Å². The molecular weight excluding hydrogens is 270 g/mol. The summed E-state index contributed by atoms with van der Waals surface area (Å²) in [5.74, 6) is 1.82. The van der Waals surface area contributed by atoms with Crippen molar-refractivity contribution in [2.45, 2.75) is 18.6 Å². The predicted octanol–water partition coefficient (Wildman–Crippen LogP) is 3.15. The molecule has 0 aliphatic carbocycles. The van der Waals surface area contributed by atoms with E-state index in [1.807, 2.05) is 38.4 Å². The Balaban J connectivity index is 2.14. The highest BCUT2D eigenvalue weighted by molar-refractivity contribution is 7.98. The quantitative estimate of drug-likeness (QED) is 0.624. The maximum Gasteiger partial charge on any atom is 0.189 e. The Kier molecular flexibility index (Phi) is 4.84. The van der Waals surface area contributed by atoms with E-state index in [1.165, 1.54) is 5.56 Å². The maximum absolute atomic E-state index is 5.17. The Morgan fingerprint density at radius 1 is 1.20 bits per heavy atom. The minimum Gasteiger partial charge on any atom is -0.497 e. The van der Waals surface area contributed by atoms with Crippen LogP contribution in [0.5, 0.6) is 5.75 Å². The first-order valence-corrected chi connectivity index (χ1v) is 7.58. The highest BCUT2D eigenvalue weighted by atomic mass is 32.2. The van der Waals surface area contributed by atoms with Gasteiger partial charge in [0.05, 0.1) is 7.11 Å². The molecular formula is C15H19N3OS. The first-order chi connectivity index (χ1) is 9.62. The van der Waals surface area contributed by atoms with E-state index < -0.39 is 0 Å². The number of ether oxygens (including phenoxy) is 1. The number of methoxy groups -OCH3 is 1. The fourth-order valence-corrected chi connectivity index (χ4v) is 2.32. The van der Waals surface area contributed by atoms with E-state index in [2.05, 4.69) is 27.0 Å². The van der Waals surface area contributed by atoms with E-state index in [0.717, 1.165) is 29.0 Å². The summed E-state index contributed by atoms with van der Waals surface area (Å²) < 4.78 is 5.17. The molecule has 0 saturated heterocycles. The Morgan fingerprint density at radius 3 is 2.50 bits per heavy atom. The van der Waals surface area contributed by atoms with Crippen molar-refractivity contribution in [3.63, 3.8) is 0 Å². The van der Waals surface area contributed by atoms with Gasteiger partial charge in [-0.1, -0.05) is 23.9 Å². The molecule has 0 saturated carbocycles. The molecule has 0 amide bonds. The third kappa shape index (κ3) is 3.63. The number of benzene rings is 1. The number of hydrogen-bond acceptors (Lipinski definition) is 5. The van der Waals surface area contributed by atoms with Crippen LogP contribution in [0.3, 0.4) is 0 Å². The SMILES string of the molecule is COc1ccc(CN(C)c2cc(C)nc(SC)n2)cc1. The number of hydrogen-bond donors (Lipinski definition) is 0. The molecule has 0 bridgehead atoms. The Bertz CT molecular complexity index is 572. The molecule has 0 fully saturated rings. The molecule has 1 heterocycles. The zero-order chi connectivity index (χ0) is 14.5. The zero-order valence-corrected chi connectivity index (χ0v) is 13.1. The summed E-state index contributed by atoms with van der Waals surface area (Å²) in [5, 5.41) is 0.807. The van der Waals surface area contributed by atoms with Gasteiger partial charge in [0.15, 0.2) is 5.16 Å². The summed E-state index contributed by atoms with van der Waals surface area (Å²) in [7, 11) is 3.71. The number of thioether (sulfide) groups is 1. The molecule has 0 aliphatic heterocycles. The van der Waals surface area contributed by atoms with Gasteiger partial charge in [0.1, 0.15) is 11.6 Å². The topological polar surface area (TPSA) is 38.2 Å². The van der Waals surface area contributed by atoms with Crippen LogP contribution < -0.4 is 9.64 Å². The fraction of sp³-hybridized carbons (Fsp3) is 0.333. The van der Waals surface area contributed by atoms with Crippen LogP contribution in [0.1, 0.15) is 11.3 Å². The van der Waals surface area contributed by atoms with Gasteiger partial charge in [-0.05, 0) is 30.9 Å². The number of nitrogens with zero attached hydrogens (tertiary/aromatic N) is 3. The molecule has 0 atom stereocenters. The zero-order valence-electron chi connectivity index (χ0n) is 12.3. The van der Waals surface area contributed by atoms with Crippen molar-refractivity contribution in [2.24, 2.45) is 0 Å². The molecule has 4 nitrogen and oxygen atoms in total. The fourth-order valence-electron chi connectivity index (χ4n) is 1.90. The summed E-state index contributed by atoms with van der Waals surface area (Å²) in [6, 6.07) is 10.1. The minimum absolute atomic E-state index is 0.800. The Labute approximate surface area is 124 Å². The lowest BCUT2D eigenvalue weighted by Gasteiger charge is -2.19. The second-order valence-electron chi connectivity index (χ2n) is 4.56. The number of aromatic nitrogens is 2. The highest BCUT2D eigenvalue weighted by Crippen LogP contribution is 2.19. The van der Waals surface area contributed by atoms with Crippen LogP contribution in [0, 0.1) is 6.92 Å². The highest BCUT2D eigenvalue weighted by Gasteiger charge is 2.07. The molecule has 5 heteroatoms. The van der Waals surface area contributed by atoms with Crippen molar-refractivity contribution in [1.29, 1.82) is 0 Å². The molecule has 0 N–H and O–H groups in total. The lowest BCUT2D eigenvalue weighted by atomic mass is 10.2. The normalized spacial score (nSPS) is 10.4. The number of anilines is 1. The minimum atomic E-state index is 0.800. The van der Waals surface area contributed by atoms with E-state index in [-0.39, 0.29) is 0 Å².